The van der Waals surface area contributed by atoms with E-state index >= 15 is 0 Å². The largest absolute Gasteiger partial charge is 0.493 e. The number of carbonyl (C=O) groups excluding carboxylic acids is 2. The molecule has 6 nitrogen and oxygen atoms in total. The van der Waals surface area contributed by atoms with Gasteiger partial charge in [-0.2, -0.15) is 0 Å². The van der Waals surface area contributed by atoms with E-state index in [0.29, 0.717) is 35.2 Å². The monoisotopic (exact) mass is 354 g/mol. The zero-order chi connectivity index (χ0) is 18.1. The number of benzene rings is 1. The maximum absolute atomic E-state index is 11.8. The summed E-state index contributed by atoms with van der Waals surface area (Å²) in [6.45, 7) is 4.99. The van der Waals surface area contributed by atoms with Crippen molar-refractivity contribution in [3.63, 3.8) is 0 Å². The van der Waals surface area contributed by atoms with Crippen LogP contribution in [0.3, 0.4) is 0 Å². The number of nitrogens with zero attached hydrogens (tertiary/aromatic N) is 1. The molecule has 132 valence electrons. The number of hydrogen-bond acceptors (Lipinski definition) is 4. The third-order valence-corrected chi connectivity index (χ3v) is 3.69. The number of ether oxygens (including phenoxy) is 2. The van der Waals surface area contributed by atoms with Gasteiger partial charge in [-0.05, 0) is 37.6 Å². The van der Waals surface area contributed by atoms with Crippen LogP contribution in [0.15, 0.2) is 18.2 Å². The van der Waals surface area contributed by atoms with Gasteiger partial charge in [0.15, 0.2) is 11.5 Å². The molecule has 0 spiro atoms. The molecule has 0 bridgehead atoms. The average Bonchev–Trinajstić information content (AvgIpc) is 2.58. The number of likely N-dealkylation sites (N-methyl/N-ethyl adjacent to an activating group) is 1. The van der Waals surface area contributed by atoms with Crippen LogP contribution >= 0.6 is 11.6 Å². The van der Waals surface area contributed by atoms with E-state index < -0.39 is 0 Å². The summed E-state index contributed by atoms with van der Waals surface area (Å²) in [5.41, 5.74) is 0.683. The molecule has 0 saturated carbocycles. The molecule has 1 N–H and O–H groups in total. The lowest BCUT2D eigenvalue weighted by Crippen LogP contribution is -2.39. The standard InChI is InChI=1S/C17H23ClN2O4/c1-5-20(6-2)16(22)11-19-15(21)8-7-12-9-13(18)17(24-4)14(10-12)23-3/h7-10H,5-6,11H2,1-4H3,(H,19,21)/b8-7+. The highest BCUT2D eigenvalue weighted by Gasteiger charge is 2.11. The van der Waals surface area contributed by atoms with E-state index in [0.717, 1.165) is 0 Å². The first-order valence-electron chi connectivity index (χ1n) is 7.61. The van der Waals surface area contributed by atoms with Gasteiger partial charge >= 0.3 is 0 Å². The molecule has 1 aromatic carbocycles. The summed E-state index contributed by atoms with van der Waals surface area (Å²) in [4.78, 5) is 25.3. The molecule has 0 radical (unpaired) electrons. The number of hydrogen-bond donors (Lipinski definition) is 1. The molecule has 0 fully saturated rings. The Bertz CT molecular complexity index is 613. The molecule has 7 heteroatoms. The Kier molecular flexibility index (Phi) is 8.12. The van der Waals surface area contributed by atoms with E-state index in [2.05, 4.69) is 5.32 Å². The van der Waals surface area contributed by atoms with E-state index in [1.807, 2.05) is 13.8 Å². The fraction of sp³-hybridized carbons (Fsp3) is 0.412. The Balaban J connectivity index is 2.70. The summed E-state index contributed by atoms with van der Waals surface area (Å²) in [5.74, 6) is 0.435. The van der Waals surface area contributed by atoms with Crippen LogP contribution in [0.25, 0.3) is 6.08 Å². The smallest absolute Gasteiger partial charge is 0.244 e. The Morgan fingerprint density at radius 2 is 1.88 bits per heavy atom. The molecule has 0 aliphatic heterocycles. The molecule has 0 aliphatic rings. The third-order valence-electron chi connectivity index (χ3n) is 3.41. The van der Waals surface area contributed by atoms with Crippen molar-refractivity contribution in [2.45, 2.75) is 13.8 Å². The fourth-order valence-electron chi connectivity index (χ4n) is 2.12. The minimum absolute atomic E-state index is 0.0302. The number of amides is 2. The Morgan fingerprint density at radius 1 is 1.21 bits per heavy atom. The Labute approximate surface area is 147 Å². The van der Waals surface area contributed by atoms with Crippen LogP contribution in [0.2, 0.25) is 5.02 Å². The number of nitrogens with one attached hydrogen (secondary N) is 1. The predicted molar refractivity (Wildman–Crippen MR) is 94.5 cm³/mol. The highest BCUT2D eigenvalue weighted by molar-refractivity contribution is 6.32. The lowest BCUT2D eigenvalue weighted by Gasteiger charge is -2.18. The van der Waals surface area contributed by atoms with Gasteiger partial charge in [0.1, 0.15) is 0 Å². The molecule has 0 heterocycles. The summed E-state index contributed by atoms with van der Waals surface area (Å²) < 4.78 is 10.4. The van der Waals surface area contributed by atoms with Crippen LogP contribution in [-0.4, -0.2) is 50.6 Å². The Hall–Kier alpha value is -2.21. The quantitative estimate of drug-likeness (QED) is 0.728. The molecule has 0 saturated heterocycles. The van der Waals surface area contributed by atoms with Gasteiger partial charge in [-0.1, -0.05) is 11.6 Å². The first-order valence-corrected chi connectivity index (χ1v) is 7.99. The first kappa shape index (κ1) is 19.8. The molecule has 24 heavy (non-hydrogen) atoms. The van der Waals surface area contributed by atoms with E-state index in [1.54, 1.807) is 23.1 Å². The second-order valence-electron chi connectivity index (χ2n) is 4.86. The van der Waals surface area contributed by atoms with Gasteiger partial charge in [-0.3, -0.25) is 9.59 Å². The van der Waals surface area contributed by atoms with E-state index in [9.17, 15) is 9.59 Å². The molecular weight excluding hydrogens is 332 g/mol. The summed E-state index contributed by atoms with van der Waals surface area (Å²) in [6, 6.07) is 3.36. The number of methoxy groups -OCH3 is 2. The average molecular weight is 355 g/mol. The molecule has 0 unspecified atom stereocenters. The highest BCUT2D eigenvalue weighted by atomic mass is 35.5. The summed E-state index contributed by atoms with van der Waals surface area (Å²) in [5, 5.41) is 2.94. The van der Waals surface area contributed by atoms with Crippen molar-refractivity contribution in [1.29, 1.82) is 0 Å². The van der Waals surface area contributed by atoms with Gasteiger partial charge in [0.25, 0.3) is 0 Å². The van der Waals surface area contributed by atoms with E-state index in [1.165, 1.54) is 20.3 Å². The van der Waals surface area contributed by atoms with Crippen molar-refractivity contribution in [2.75, 3.05) is 33.9 Å². The number of halogens is 1. The van der Waals surface area contributed by atoms with Crippen molar-refractivity contribution >= 4 is 29.5 Å². The van der Waals surface area contributed by atoms with Gasteiger partial charge in [0.05, 0.1) is 25.8 Å². The molecule has 0 atom stereocenters. The molecule has 0 aromatic heterocycles. The molecule has 1 aromatic rings. The molecular formula is C17H23ClN2O4. The van der Waals surface area contributed by atoms with Crippen LogP contribution < -0.4 is 14.8 Å². The third kappa shape index (κ3) is 5.45. The fourth-order valence-corrected chi connectivity index (χ4v) is 2.41. The van der Waals surface area contributed by atoms with Crippen molar-refractivity contribution in [3.8, 4) is 11.5 Å². The van der Waals surface area contributed by atoms with Crippen molar-refractivity contribution in [3.05, 3.63) is 28.8 Å². The maximum atomic E-state index is 11.8. The molecule has 0 aliphatic carbocycles. The highest BCUT2D eigenvalue weighted by Crippen LogP contribution is 2.36. The second-order valence-corrected chi connectivity index (χ2v) is 5.26. The Morgan fingerprint density at radius 3 is 2.42 bits per heavy atom. The predicted octanol–water partition coefficient (Wildman–Crippen LogP) is 2.35. The minimum Gasteiger partial charge on any atom is -0.493 e. The summed E-state index contributed by atoms with van der Waals surface area (Å²) in [6.07, 6.45) is 2.93. The van der Waals surface area contributed by atoms with Crippen LogP contribution in [0.1, 0.15) is 19.4 Å². The SMILES string of the molecule is CCN(CC)C(=O)CNC(=O)/C=C/c1cc(Cl)c(OC)c(OC)c1. The second kappa shape index (κ2) is 9.82. The van der Waals surface area contributed by atoms with Crippen LogP contribution in [-0.2, 0) is 9.59 Å². The van der Waals surface area contributed by atoms with Gasteiger partial charge in [-0.25, -0.2) is 0 Å². The molecule has 1 rings (SSSR count). The first-order chi connectivity index (χ1) is 11.5. The summed E-state index contributed by atoms with van der Waals surface area (Å²) in [7, 11) is 3.01. The normalized spacial score (nSPS) is 10.5. The number of carbonyl (C=O) groups is 2. The zero-order valence-electron chi connectivity index (χ0n) is 14.4. The maximum Gasteiger partial charge on any atom is 0.244 e. The van der Waals surface area contributed by atoms with Gasteiger partial charge in [-0.15, -0.1) is 0 Å². The van der Waals surface area contributed by atoms with E-state index in [-0.39, 0.29) is 18.4 Å². The van der Waals surface area contributed by atoms with Crippen LogP contribution in [0.4, 0.5) is 0 Å². The zero-order valence-corrected chi connectivity index (χ0v) is 15.1. The van der Waals surface area contributed by atoms with Gasteiger partial charge in [0.2, 0.25) is 11.8 Å². The van der Waals surface area contributed by atoms with Crippen molar-refractivity contribution in [1.82, 2.24) is 10.2 Å². The van der Waals surface area contributed by atoms with E-state index in [4.69, 9.17) is 21.1 Å². The lowest BCUT2D eigenvalue weighted by atomic mass is 10.2. The van der Waals surface area contributed by atoms with Gasteiger partial charge in [0, 0.05) is 19.2 Å². The van der Waals surface area contributed by atoms with Crippen molar-refractivity contribution in [2.24, 2.45) is 0 Å². The number of rotatable bonds is 8. The molecule has 2 amide bonds. The van der Waals surface area contributed by atoms with Crippen LogP contribution in [0.5, 0.6) is 11.5 Å². The minimum atomic E-state index is -0.360. The topological polar surface area (TPSA) is 67.9 Å². The lowest BCUT2D eigenvalue weighted by molar-refractivity contribution is -0.131. The van der Waals surface area contributed by atoms with Crippen LogP contribution in [0, 0.1) is 0 Å². The van der Waals surface area contributed by atoms with Crippen molar-refractivity contribution < 1.29 is 19.1 Å². The van der Waals surface area contributed by atoms with Gasteiger partial charge < -0.3 is 19.7 Å². The summed E-state index contributed by atoms with van der Waals surface area (Å²) >= 11 is 6.11.